The van der Waals surface area contributed by atoms with Gasteiger partial charge in [0.15, 0.2) is 0 Å². The fraction of sp³-hybridized carbons (Fsp3) is 0.188. The number of hydrogen-bond donors (Lipinski definition) is 0. The zero-order valence-electron chi connectivity index (χ0n) is 12.3. The number of anilines is 1. The zero-order valence-corrected chi connectivity index (χ0v) is 12.3. The first-order chi connectivity index (χ1) is 10.6. The third-order valence-corrected chi connectivity index (χ3v) is 3.40. The van der Waals surface area contributed by atoms with Crippen LogP contribution in [0.25, 0.3) is 0 Å². The number of fused-ring (bicyclic) bond motifs is 2. The predicted molar refractivity (Wildman–Crippen MR) is 81.1 cm³/mol. The number of benzene rings is 1. The summed E-state index contributed by atoms with van der Waals surface area (Å²) in [5, 5.41) is 0. The summed E-state index contributed by atoms with van der Waals surface area (Å²) in [5.74, 6) is 0.291. The lowest BCUT2D eigenvalue weighted by Gasteiger charge is -2.22. The van der Waals surface area contributed by atoms with Crippen LogP contribution in [0.4, 0.5) is 5.69 Å². The van der Waals surface area contributed by atoms with E-state index >= 15 is 0 Å². The van der Waals surface area contributed by atoms with Gasteiger partial charge in [-0.05, 0) is 24.3 Å². The van der Waals surface area contributed by atoms with Crippen molar-refractivity contribution >= 4 is 17.5 Å². The van der Waals surface area contributed by atoms with Crippen molar-refractivity contribution in [2.24, 2.45) is 0 Å². The molecule has 0 saturated carbocycles. The first kappa shape index (κ1) is 14.1. The van der Waals surface area contributed by atoms with Gasteiger partial charge < -0.3 is 9.64 Å². The molecule has 0 aliphatic carbocycles. The summed E-state index contributed by atoms with van der Waals surface area (Å²) in [4.78, 5) is 31.9. The number of nitrogens with zero attached hydrogens (tertiary/aromatic N) is 3. The molecule has 2 heterocycles. The van der Waals surface area contributed by atoms with E-state index in [1.165, 1.54) is 9.80 Å². The molecule has 0 fully saturated rings. The van der Waals surface area contributed by atoms with E-state index in [0.717, 1.165) is 0 Å². The maximum atomic E-state index is 12.8. The number of ether oxygens (including phenoxy) is 1. The van der Waals surface area contributed by atoms with E-state index in [4.69, 9.17) is 4.74 Å². The van der Waals surface area contributed by atoms with Crippen molar-refractivity contribution in [1.29, 1.82) is 0 Å². The quantitative estimate of drug-likeness (QED) is 0.849. The van der Waals surface area contributed by atoms with Crippen LogP contribution in [0.2, 0.25) is 0 Å². The highest BCUT2D eigenvalue weighted by molar-refractivity contribution is 6.11. The van der Waals surface area contributed by atoms with Gasteiger partial charge in [0.25, 0.3) is 5.91 Å². The van der Waals surface area contributed by atoms with Gasteiger partial charge in [-0.1, -0.05) is 12.1 Å². The second-order valence-corrected chi connectivity index (χ2v) is 5.11. The minimum absolute atomic E-state index is 0.0672. The summed E-state index contributed by atoms with van der Waals surface area (Å²) < 4.78 is 5.75. The van der Waals surface area contributed by atoms with Gasteiger partial charge in [0.2, 0.25) is 11.8 Å². The van der Waals surface area contributed by atoms with E-state index in [2.05, 4.69) is 4.98 Å². The molecule has 3 rings (SSSR count). The minimum Gasteiger partial charge on any atom is -0.436 e. The fourth-order valence-electron chi connectivity index (χ4n) is 2.19. The van der Waals surface area contributed by atoms with Crippen LogP contribution < -0.4 is 9.64 Å². The number of carbonyl (C=O) groups is 2. The number of rotatable bonds is 2. The van der Waals surface area contributed by atoms with Crippen LogP contribution in [0.15, 0.2) is 42.6 Å². The van der Waals surface area contributed by atoms with Crippen LogP contribution in [0.5, 0.6) is 11.6 Å². The number of hydrogen-bond acceptors (Lipinski definition) is 4. The van der Waals surface area contributed by atoms with Gasteiger partial charge >= 0.3 is 0 Å². The topological polar surface area (TPSA) is 62.7 Å². The van der Waals surface area contributed by atoms with Gasteiger partial charge in [0.05, 0.1) is 5.56 Å². The average Bonchev–Trinajstić information content (AvgIpc) is 2.63. The Labute approximate surface area is 127 Å². The minimum atomic E-state index is -0.280. The number of likely N-dealkylation sites (N-methyl/N-ethyl adjacent to an activating group) is 1. The Morgan fingerprint density at radius 3 is 2.77 bits per heavy atom. The second-order valence-electron chi connectivity index (χ2n) is 5.11. The molecule has 6 heteroatoms. The van der Waals surface area contributed by atoms with Crippen molar-refractivity contribution in [3.05, 3.63) is 48.2 Å². The Kier molecular flexibility index (Phi) is 3.50. The number of aromatic nitrogens is 1. The summed E-state index contributed by atoms with van der Waals surface area (Å²) in [7, 11) is 3.30. The Balaban J connectivity index is 2.11. The standard InChI is InChI=1S/C16H15N3O3/c1-18(2)14(20)10-19-12-7-5-9-17-15(12)22-13-8-4-3-6-11(13)16(19)21/h3-9H,10H2,1-2H3. The molecule has 1 aliphatic rings. The largest absolute Gasteiger partial charge is 0.436 e. The summed E-state index contributed by atoms with van der Waals surface area (Å²) in [6.45, 7) is -0.0672. The Hall–Kier alpha value is -2.89. The van der Waals surface area contributed by atoms with Gasteiger partial charge in [-0.3, -0.25) is 14.5 Å². The monoisotopic (exact) mass is 297 g/mol. The lowest BCUT2D eigenvalue weighted by Crippen LogP contribution is -2.40. The lowest BCUT2D eigenvalue weighted by atomic mass is 10.1. The SMILES string of the molecule is CN(C)C(=O)CN1C(=O)c2ccccc2Oc2ncccc21. The average molecular weight is 297 g/mol. The molecule has 0 bridgehead atoms. The molecule has 6 nitrogen and oxygen atoms in total. The molecular weight excluding hydrogens is 282 g/mol. The van der Waals surface area contributed by atoms with Gasteiger partial charge in [-0.2, -0.15) is 0 Å². The van der Waals surface area contributed by atoms with E-state index in [9.17, 15) is 9.59 Å². The summed E-state index contributed by atoms with van der Waals surface area (Å²) in [6, 6.07) is 10.4. The molecule has 1 aromatic heterocycles. The number of amides is 2. The molecule has 2 aromatic rings. The number of pyridine rings is 1. The molecule has 0 unspecified atom stereocenters. The molecule has 0 atom stereocenters. The van der Waals surface area contributed by atoms with E-state index in [-0.39, 0.29) is 18.4 Å². The zero-order chi connectivity index (χ0) is 15.7. The van der Waals surface area contributed by atoms with Crippen molar-refractivity contribution in [3.63, 3.8) is 0 Å². The highest BCUT2D eigenvalue weighted by Crippen LogP contribution is 2.36. The summed E-state index contributed by atoms with van der Waals surface area (Å²) >= 11 is 0. The van der Waals surface area contributed by atoms with Gasteiger partial charge in [0.1, 0.15) is 18.0 Å². The molecule has 0 radical (unpaired) electrons. The molecule has 112 valence electrons. The smallest absolute Gasteiger partial charge is 0.262 e. The highest BCUT2D eigenvalue weighted by Gasteiger charge is 2.30. The first-order valence-corrected chi connectivity index (χ1v) is 6.82. The van der Waals surface area contributed by atoms with Crippen molar-refractivity contribution in [3.8, 4) is 11.6 Å². The molecule has 0 N–H and O–H groups in total. The van der Waals surface area contributed by atoms with Crippen LogP contribution in [0.1, 0.15) is 10.4 Å². The summed E-state index contributed by atoms with van der Waals surface area (Å²) in [6.07, 6.45) is 1.59. The van der Waals surface area contributed by atoms with Crippen molar-refractivity contribution < 1.29 is 14.3 Å². The maximum absolute atomic E-state index is 12.8. The molecule has 0 spiro atoms. The maximum Gasteiger partial charge on any atom is 0.262 e. The lowest BCUT2D eigenvalue weighted by molar-refractivity contribution is -0.127. The van der Waals surface area contributed by atoms with Crippen molar-refractivity contribution in [1.82, 2.24) is 9.88 Å². The molecule has 1 aliphatic heterocycles. The number of carbonyl (C=O) groups excluding carboxylic acids is 2. The van der Waals surface area contributed by atoms with Gasteiger partial charge in [-0.15, -0.1) is 0 Å². The van der Waals surface area contributed by atoms with E-state index in [1.807, 2.05) is 0 Å². The van der Waals surface area contributed by atoms with Crippen molar-refractivity contribution in [2.45, 2.75) is 0 Å². The van der Waals surface area contributed by atoms with Crippen LogP contribution in [-0.4, -0.2) is 42.3 Å². The van der Waals surface area contributed by atoms with Crippen LogP contribution in [-0.2, 0) is 4.79 Å². The Morgan fingerprint density at radius 1 is 1.23 bits per heavy atom. The first-order valence-electron chi connectivity index (χ1n) is 6.82. The molecular formula is C16H15N3O3. The highest BCUT2D eigenvalue weighted by atomic mass is 16.5. The normalized spacial score (nSPS) is 12.8. The van der Waals surface area contributed by atoms with E-state index in [1.54, 1.807) is 56.7 Å². The second kappa shape index (κ2) is 5.48. The Morgan fingerprint density at radius 2 is 2.00 bits per heavy atom. The van der Waals surface area contributed by atoms with E-state index < -0.39 is 0 Å². The molecule has 1 aromatic carbocycles. The van der Waals surface area contributed by atoms with Crippen LogP contribution in [0.3, 0.4) is 0 Å². The van der Waals surface area contributed by atoms with Gasteiger partial charge in [0, 0.05) is 20.3 Å². The number of para-hydroxylation sites is 1. The molecule has 2 amide bonds. The third-order valence-electron chi connectivity index (χ3n) is 3.40. The Bertz CT molecular complexity index is 743. The van der Waals surface area contributed by atoms with E-state index in [0.29, 0.717) is 22.9 Å². The molecule has 0 saturated heterocycles. The van der Waals surface area contributed by atoms with Crippen LogP contribution >= 0.6 is 0 Å². The molecule has 22 heavy (non-hydrogen) atoms. The van der Waals surface area contributed by atoms with Crippen LogP contribution in [0, 0.1) is 0 Å². The fourth-order valence-corrected chi connectivity index (χ4v) is 2.19. The third kappa shape index (κ3) is 2.39. The van der Waals surface area contributed by atoms with Gasteiger partial charge in [-0.25, -0.2) is 4.98 Å². The van der Waals surface area contributed by atoms with Crippen molar-refractivity contribution in [2.75, 3.05) is 25.5 Å². The summed E-state index contributed by atoms with van der Waals surface area (Å²) in [5.41, 5.74) is 0.894. The predicted octanol–water partition coefficient (Wildman–Crippen LogP) is 1.92.